The van der Waals surface area contributed by atoms with E-state index in [0.717, 1.165) is 6.42 Å². The molecule has 0 aromatic carbocycles. The molecule has 0 rings (SSSR count). The lowest BCUT2D eigenvalue weighted by molar-refractivity contribution is 1.10. The van der Waals surface area contributed by atoms with Crippen LogP contribution in [0.2, 0.25) is 0 Å². The Kier molecular flexibility index (Phi) is 5.18. The fourth-order valence-electron chi connectivity index (χ4n) is 0.954. The van der Waals surface area contributed by atoms with E-state index in [4.69, 9.17) is 0 Å². The molecule has 11 heavy (non-hydrogen) atoms. The zero-order chi connectivity index (χ0) is 8.69. The van der Waals surface area contributed by atoms with Gasteiger partial charge in [0.25, 0.3) is 0 Å². The third kappa shape index (κ3) is 3.61. The fraction of sp³-hybridized carbons (Fsp3) is 0.273. The van der Waals surface area contributed by atoms with Crippen molar-refractivity contribution < 1.29 is 0 Å². The summed E-state index contributed by atoms with van der Waals surface area (Å²) in [5, 5.41) is 0. The summed E-state index contributed by atoms with van der Waals surface area (Å²) in [5.41, 5.74) is 2.59. The predicted octanol–water partition coefficient (Wildman–Crippen LogP) is 3.64. The van der Waals surface area contributed by atoms with Gasteiger partial charge >= 0.3 is 0 Å². The molecule has 0 aliphatic heterocycles. The van der Waals surface area contributed by atoms with Crippen molar-refractivity contribution in [2.75, 3.05) is 0 Å². The molecule has 0 aliphatic rings. The Labute approximate surface area is 69.6 Å². The molecule has 60 valence electrons. The molecule has 0 aromatic rings. The van der Waals surface area contributed by atoms with E-state index in [1.165, 1.54) is 11.1 Å². The van der Waals surface area contributed by atoms with Gasteiger partial charge in [0.2, 0.25) is 0 Å². The van der Waals surface area contributed by atoms with Crippen LogP contribution in [0, 0.1) is 0 Å². The van der Waals surface area contributed by atoms with Crippen LogP contribution in [-0.4, -0.2) is 0 Å². The molecular weight excluding hydrogens is 132 g/mol. The molecule has 0 atom stereocenters. The third-order valence-corrected chi connectivity index (χ3v) is 1.57. The Morgan fingerprint density at radius 2 is 1.73 bits per heavy atom. The largest absolute Gasteiger partial charge is 0.0991 e. The van der Waals surface area contributed by atoms with Crippen molar-refractivity contribution in [3.05, 3.63) is 48.6 Å². The van der Waals surface area contributed by atoms with E-state index < -0.39 is 0 Å². The highest BCUT2D eigenvalue weighted by atomic mass is 14.0. The van der Waals surface area contributed by atoms with Crippen LogP contribution in [0.4, 0.5) is 0 Å². The van der Waals surface area contributed by atoms with Crippen LogP contribution >= 0.6 is 0 Å². The van der Waals surface area contributed by atoms with E-state index in [1.807, 2.05) is 24.3 Å². The summed E-state index contributed by atoms with van der Waals surface area (Å²) < 4.78 is 0. The molecule has 0 aliphatic carbocycles. The second-order valence-corrected chi connectivity index (χ2v) is 2.37. The van der Waals surface area contributed by atoms with Gasteiger partial charge in [0, 0.05) is 0 Å². The third-order valence-electron chi connectivity index (χ3n) is 1.57. The van der Waals surface area contributed by atoms with Gasteiger partial charge in [-0.15, -0.1) is 0 Å². The summed E-state index contributed by atoms with van der Waals surface area (Å²) in [6.07, 6.45) is 8.72. The average molecular weight is 148 g/mol. The van der Waals surface area contributed by atoms with Crippen molar-refractivity contribution in [1.29, 1.82) is 0 Å². The lowest BCUT2D eigenvalue weighted by Crippen LogP contribution is -1.81. The van der Waals surface area contributed by atoms with E-state index in [0.29, 0.717) is 0 Å². The van der Waals surface area contributed by atoms with Crippen LogP contribution in [0.25, 0.3) is 0 Å². The van der Waals surface area contributed by atoms with Crippen molar-refractivity contribution in [3.63, 3.8) is 0 Å². The van der Waals surface area contributed by atoms with Gasteiger partial charge in [0.05, 0.1) is 0 Å². The summed E-state index contributed by atoms with van der Waals surface area (Å²) >= 11 is 0. The van der Waals surface area contributed by atoms with E-state index in [1.54, 1.807) is 0 Å². The molecule has 0 aromatic heterocycles. The fourth-order valence-corrected chi connectivity index (χ4v) is 0.954. The van der Waals surface area contributed by atoms with Gasteiger partial charge in [0.15, 0.2) is 0 Å². The first-order valence-corrected chi connectivity index (χ1v) is 3.87. The van der Waals surface area contributed by atoms with Gasteiger partial charge in [-0.3, -0.25) is 0 Å². The van der Waals surface area contributed by atoms with E-state index in [9.17, 15) is 0 Å². The first-order chi connectivity index (χ1) is 5.26. The number of hydrogen-bond acceptors (Lipinski definition) is 0. The predicted molar refractivity (Wildman–Crippen MR) is 52.5 cm³/mol. The first kappa shape index (κ1) is 9.96. The molecular formula is C11H16. The van der Waals surface area contributed by atoms with E-state index in [-0.39, 0.29) is 0 Å². The summed E-state index contributed by atoms with van der Waals surface area (Å²) in [5.74, 6) is 0. The smallest absolute Gasteiger partial charge is 0.0305 e. The van der Waals surface area contributed by atoms with Crippen LogP contribution in [-0.2, 0) is 0 Å². The minimum Gasteiger partial charge on any atom is -0.0991 e. The van der Waals surface area contributed by atoms with Crippen molar-refractivity contribution >= 4 is 0 Å². The highest BCUT2D eigenvalue weighted by Gasteiger charge is 1.92. The van der Waals surface area contributed by atoms with Gasteiger partial charge in [-0.25, -0.2) is 0 Å². The maximum Gasteiger partial charge on any atom is -0.0305 e. The topological polar surface area (TPSA) is 0 Å². The average Bonchev–Trinajstić information content (AvgIpc) is 2.00. The van der Waals surface area contributed by atoms with Gasteiger partial charge in [-0.1, -0.05) is 44.4 Å². The molecule has 0 spiro atoms. The Bertz CT molecular complexity index is 192. The zero-order valence-corrected chi connectivity index (χ0v) is 7.43. The minimum absolute atomic E-state index is 1.04. The van der Waals surface area contributed by atoms with Crippen molar-refractivity contribution in [3.8, 4) is 0 Å². The molecule has 0 N–H and O–H groups in total. The standard InChI is InChI=1S/C11H16/c1-5-8-10(4)11(7-3)9-6-2/h5-6,8-9H,1-2,7H2,3-4H3/b10-8-,11-9-. The molecule has 0 nitrogen and oxygen atoms in total. The number of rotatable bonds is 4. The zero-order valence-electron chi connectivity index (χ0n) is 7.43. The second kappa shape index (κ2) is 5.72. The second-order valence-electron chi connectivity index (χ2n) is 2.37. The molecule has 0 bridgehead atoms. The highest BCUT2D eigenvalue weighted by Crippen LogP contribution is 2.12. The molecule has 0 heterocycles. The Hall–Kier alpha value is -1.04. The summed E-state index contributed by atoms with van der Waals surface area (Å²) in [7, 11) is 0. The van der Waals surface area contributed by atoms with Gasteiger partial charge in [0.1, 0.15) is 0 Å². The van der Waals surface area contributed by atoms with Crippen LogP contribution in [0.3, 0.4) is 0 Å². The van der Waals surface area contributed by atoms with E-state index >= 15 is 0 Å². The van der Waals surface area contributed by atoms with Crippen LogP contribution in [0.15, 0.2) is 48.6 Å². The molecule has 0 saturated carbocycles. The first-order valence-electron chi connectivity index (χ1n) is 3.87. The number of allylic oxidation sites excluding steroid dienone is 6. The molecule has 0 unspecified atom stereocenters. The lowest BCUT2D eigenvalue weighted by atomic mass is 10.0. The van der Waals surface area contributed by atoms with Crippen LogP contribution < -0.4 is 0 Å². The molecule has 0 heteroatoms. The summed E-state index contributed by atoms with van der Waals surface area (Å²) in [6, 6.07) is 0. The SMILES string of the molecule is C=C/C=C(C)\C(=C/C=C)CC. The summed E-state index contributed by atoms with van der Waals surface area (Å²) in [4.78, 5) is 0. The van der Waals surface area contributed by atoms with E-state index in [2.05, 4.69) is 27.0 Å². The highest BCUT2D eigenvalue weighted by molar-refractivity contribution is 5.33. The van der Waals surface area contributed by atoms with Crippen molar-refractivity contribution in [2.45, 2.75) is 20.3 Å². The lowest BCUT2D eigenvalue weighted by Gasteiger charge is -2.01. The molecule has 0 radical (unpaired) electrons. The number of hydrogen-bond donors (Lipinski definition) is 0. The Morgan fingerprint density at radius 3 is 2.09 bits per heavy atom. The molecule has 0 fully saturated rings. The van der Waals surface area contributed by atoms with Crippen molar-refractivity contribution in [1.82, 2.24) is 0 Å². The Balaban J connectivity index is 4.49. The normalized spacial score (nSPS) is 12.9. The molecule has 0 amide bonds. The monoisotopic (exact) mass is 148 g/mol. The van der Waals surface area contributed by atoms with Gasteiger partial charge in [-0.05, 0) is 24.5 Å². The maximum absolute atomic E-state index is 3.66. The molecule has 0 saturated heterocycles. The minimum atomic E-state index is 1.04. The quantitative estimate of drug-likeness (QED) is 0.534. The van der Waals surface area contributed by atoms with Crippen LogP contribution in [0.1, 0.15) is 20.3 Å². The van der Waals surface area contributed by atoms with Gasteiger partial charge in [-0.2, -0.15) is 0 Å². The summed E-state index contributed by atoms with van der Waals surface area (Å²) in [6.45, 7) is 11.5. The maximum atomic E-state index is 3.66. The van der Waals surface area contributed by atoms with Crippen molar-refractivity contribution in [2.24, 2.45) is 0 Å². The van der Waals surface area contributed by atoms with Gasteiger partial charge < -0.3 is 0 Å². The van der Waals surface area contributed by atoms with Crippen LogP contribution in [0.5, 0.6) is 0 Å². The Morgan fingerprint density at radius 1 is 1.18 bits per heavy atom.